The van der Waals surface area contributed by atoms with Gasteiger partial charge in [0.25, 0.3) is 0 Å². The summed E-state index contributed by atoms with van der Waals surface area (Å²) in [6.45, 7) is 4.92. The second kappa shape index (κ2) is 7.59. The van der Waals surface area contributed by atoms with E-state index < -0.39 is 0 Å². The molecule has 1 fully saturated rings. The standard InChI is InChI=1S/C21H21N3O3S/c1-13-5-6-15(8-14(13)2)18-12-28-21(22-18)23-20(26)16-9-19(25)24(10-16)11-17-4-3-7-27-17/h3-8,12,16H,9-11H2,1-2H3,(H,22,23,26)/t16-/m1/s1. The van der Waals surface area contributed by atoms with E-state index in [9.17, 15) is 9.59 Å². The first kappa shape index (κ1) is 18.4. The van der Waals surface area contributed by atoms with Crippen LogP contribution in [0.2, 0.25) is 0 Å². The molecule has 144 valence electrons. The maximum Gasteiger partial charge on any atom is 0.231 e. The van der Waals surface area contributed by atoms with Gasteiger partial charge in [-0.25, -0.2) is 4.98 Å². The molecule has 0 aliphatic carbocycles. The second-order valence-corrected chi connectivity index (χ2v) is 7.94. The fourth-order valence-corrected chi connectivity index (χ4v) is 3.99. The van der Waals surface area contributed by atoms with Crippen LogP contribution in [0.3, 0.4) is 0 Å². The van der Waals surface area contributed by atoms with Gasteiger partial charge in [0.1, 0.15) is 5.76 Å². The number of nitrogens with zero attached hydrogens (tertiary/aromatic N) is 2. The van der Waals surface area contributed by atoms with Crippen LogP contribution in [0.4, 0.5) is 5.13 Å². The van der Waals surface area contributed by atoms with Crippen molar-refractivity contribution in [3.8, 4) is 11.3 Å². The van der Waals surface area contributed by atoms with Crippen molar-refractivity contribution in [2.75, 3.05) is 11.9 Å². The molecule has 1 aliphatic rings. The van der Waals surface area contributed by atoms with Gasteiger partial charge in [0.2, 0.25) is 11.8 Å². The Morgan fingerprint density at radius 1 is 1.32 bits per heavy atom. The average molecular weight is 395 g/mol. The molecular weight excluding hydrogens is 374 g/mol. The molecule has 0 spiro atoms. The molecule has 6 nitrogen and oxygen atoms in total. The van der Waals surface area contributed by atoms with Crippen molar-refractivity contribution in [2.24, 2.45) is 5.92 Å². The average Bonchev–Trinajstić information content (AvgIpc) is 3.40. The number of furan rings is 1. The van der Waals surface area contributed by atoms with Gasteiger partial charge in [-0.3, -0.25) is 9.59 Å². The van der Waals surface area contributed by atoms with Crippen LogP contribution < -0.4 is 5.32 Å². The third kappa shape index (κ3) is 3.84. The largest absolute Gasteiger partial charge is 0.467 e. The van der Waals surface area contributed by atoms with Gasteiger partial charge in [-0.1, -0.05) is 12.1 Å². The van der Waals surface area contributed by atoms with E-state index in [1.54, 1.807) is 17.2 Å². The smallest absolute Gasteiger partial charge is 0.231 e. The van der Waals surface area contributed by atoms with Gasteiger partial charge in [0, 0.05) is 23.9 Å². The van der Waals surface area contributed by atoms with Crippen molar-refractivity contribution in [1.29, 1.82) is 0 Å². The van der Waals surface area contributed by atoms with E-state index in [-0.39, 0.29) is 24.2 Å². The van der Waals surface area contributed by atoms with Crippen LogP contribution in [-0.2, 0) is 16.1 Å². The predicted octanol–water partition coefficient (Wildman–Crippen LogP) is 4.01. The number of nitrogens with one attached hydrogen (secondary N) is 1. The lowest BCUT2D eigenvalue weighted by Gasteiger charge is -2.14. The van der Waals surface area contributed by atoms with Crippen molar-refractivity contribution in [3.63, 3.8) is 0 Å². The molecule has 2 aromatic heterocycles. The summed E-state index contributed by atoms with van der Waals surface area (Å²) in [5.41, 5.74) is 4.31. The van der Waals surface area contributed by atoms with Crippen molar-refractivity contribution >= 4 is 28.3 Å². The van der Waals surface area contributed by atoms with Crippen LogP contribution >= 0.6 is 11.3 Å². The van der Waals surface area contributed by atoms with Gasteiger partial charge in [0.05, 0.1) is 24.4 Å². The minimum atomic E-state index is -0.378. The van der Waals surface area contributed by atoms with E-state index in [0.29, 0.717) is 24.0 Å². The van der Waals surface area contributed by atoms with E-state index >= 15 is 0 Å². The van der Waals surface area contributed by atoms with Crippen molar-refractivity contribution in [1.82, 2.24) is 9.88 Å². The lowest BCUT2D eigenvalue weighted by atomic mass is 10.1. The summed E-state index contributed by atoms with van der Waals surface area (Å²) in [6, 6.07) is 9.81. The zero-order valence-electron chi connectivity index (χ0n) is 15.8. The Kier molecular flexibility index (Phi) is 5.00. The van der Waals surface area contributed by atoms with Crippen LogP contribution in [0, 0.1) is 19.8 Å². The fraction of sp³-hybridized carbons (Fsp3) is 0.286. The van der Waals surface area contributed by atoms with Gasteiger partial charge in [-0.15, -0.1) is 11.3 Å². The Bertz CT molecular complexity index is 1010. The number of thiazole rings is 1. The van der Waals surface area contributed by atoms with E-state index in [4.69, 9.17) is 4.42 Å². The first-order valence-electron chi connectivity index (χ1n) is 9.14. The molecule has 0 unspecified atom stereocenters. The van der Waals surface area contributed by atoms with Crippen LogP contribution in [0.15, 0.2) is 46.4 Å². The first-order valence-corrected chi connectivity index (χ1v) is 10.0. The summed E-state index contributed by atoms with van der Waals surface area (Å²) in [5, 5.41) is 5.35. The minimum absolute atomic E-state index is 0.0356. The Morgan fingerprint density at radius 2 is 2.18 bits per heavy atom. The molecule has 1 saturated heterocycles. The predicted molar refractivity (Wildman–Crippen MR) is 108 cm³/mol. The number of carbonyl (C=O) groups excluding carboxylic acids is 2. The van der Waals surface area contributed by atoms with Gasteiger partial charge >= 0.3 is 0 Å². The summed E-state index contributed by atoms with van der Waals surface area (Å²) in [4.78, 5) is 31.0. The minimum Gasteiger partial charge on any atom is -0.467 e. The van der Waals surface area contributed by atoms with Crippen molar-refractivity contribution in [2.45, 2.75) is 26.8 Å². The van der Waals surface area contributed by atoms with E-state index in [1.807, 2.05) is 17.5 Å². The number of hydrogen-bond donors (Lipinski definition) is 1. The molecule has 3 aromatic rings. The fourth-order valence-electron chi connectivity index (χ4n) is 3.26. The molecular formula is C21H21N3O3S. The highest BCUT2D eigenvalue weighted by Crippen LogP contribution is 2.28. The summed E-state index contributed by atoms with van der Waals surface area (Å²) in [7, 11) is 0. The lowest BCUT2D eigenvalue weighted by Crippen LogP contribution is -2.27. The van der Waals surface area contributed by atoms with Crippen molar-refractivity contribution < 1.29 is 14.0 Å². The summed E-state index contributed by atoms with van der Waals surface area (Å²) < 4.78 is 5.29. The number of amides is 2. The molecule has 0 radical (unpaired) electrons. The number of likely N-dealkylation sites (tertiary alicyclic amines) is 1. The molecule has 1 aliphatic heterocycles. The third-order valence-electron chi connectivity index (χ3n) is 5.05. The monoisotopic (exact) mass is 395 g/mol. The topological polar surface area (TPSA) is 75.4 Å². The molecule has 4 rings (SSSR count). The molecule has 1 aromatic carbocycles. The summed E-state index contributed by atoms with van der Waals surface area (Å²) in [5.74, 6) is 0.131. The van der Waals surface area contributed by atoms with Gasteiger partial charge in [-0.05, 0) is 43.2 Å². The molecule has 0 saturated carbocycles. The highest BCUT2D eigenvalue weighted by molar-refractivity contribution is 7.14. The Hall–Kier alpha value is -2.93. The normalized spacial score (nSPS) is 16.6. The summed E-state index contributed by atoms with van der Waals surface area (Å²) in [6.07, 6.45) is 1.79. The lowest BCUT2D eigenvalue weighted by molar-refractivity contribution is -0.128. The maximum absolute atomic E-state index is 12.6. The van der Waals surface area contributed by atoms with Gasteiger partial charge < -0.3 is 14.6 Å². The third-order valence-corrected chi connectivity index (χ3v) is 5.81. The number of aryl methyl sites for hydroxylation is 2. The SMILES string of the molecule is Cc1ccc(-c2csc(NC(=O)[C@@H]3CC(=O)N(Cc4ccco4)C3)n2)cc1C. The van der Waals surface area contributed by atoms with Gasteiger partial charge in [0.15, 0.2) is 5.13 Å². The maximum atomic E-state index is 12.6. The Labute approximate surface area is 167 Å². The van der Waals surface area contributed by atoms with Gasteiger partial charge in [-0.2, -0.15) is 0 Å². The Balaban J connectivity index is 1.39. The first-order chi connectivity index (χ1) is 13.5. The molecule has 7 heteroatoms. The zero-order valence-corrected chi connectivity index (χ0v) is 16.6. The molecule has 2 amide bonds. The van der Waals surface area contributed by atoms with E-state index in [1.165, 1.54) is 22.5 Å². The zero-order chi connectivity index (χ0) is 19.7. The van der Waals surface area contributed by atoms with Crippen molar-refractivity contribution in [3.05, 3.63) is 58.9 Å². The van der Waals surface area contributed by atoms with Crippen LogP contribution in [0.25, 0.3) is 11.3 Å². The van der Waals surface area contributed by atoms with Crippen LogP contribution in [-0.4, -0.2) is 28.2 Å². The number of rotatable bonds is 5. The number of benzene rings is 1. The summed E-state index contributed by atoms with van der Waals surface area (Å²) >= 11 is 1.39. The molecule has 3 heterocycles. The highest BCUT2D eigenvalue weighted by atomic mass is 32.1. The number of aromatic nitrogens is 1. The number of carbonyl (C=O) groups is 2. The van der Waals surface area contributed by atoms with E-state index in [2.05, 4.69) is 36.3 Å². The van der Waals surface area contributed by atoms with Crippen LogP contribution in [0.1, 0.15) is 23.3 Å². The van der Waals surface area contributed by atoms with Crippen LogP contribution in [0.5, 0.6) is 0 Å². The van der Waals surface area contributed by atoms with E-state index in [0.717, 1.165) is 11.3 Å². The molecule has 28 heavy (non-hydrogen) atoms. The second-order valence-electron chi connectivity index (χ2n) is 7.08. The Morgan fingerprint density at radius 3 is 2.93 bits per heavy atom. The number of anilines is 1. The molecule has 0 bridgehead atoms. The molecule has 1 atom stereocenters. The number of hydrogen-bond acceptors (Lipinski definition) is 5. The highest BCUT2D eigenvalue weighted by Gasteiger charge is 2.35. The quantitative estimate of drug-likeness (QED) is 0.708. The molecule has 1 N–H and O–H groups in total.